The summed E-state index contributed by atoms with van der Waals surface area (Å²) >= 11 is 2.72. The van der Waals surface area contributed by atoms with Crippen molar-refractivity contribution in [1.82, 2.24) is 0 Å². The summed E-state index contributed by atoms with van der Waals surface area (Å²) < 4.78 is 12.4. The predicted molar refractivity (Wildman–Crippen MR) is 80.0 cm³/mol. The van der Waals surface area contributed by atoms with Gasteiger partial charge >= 0.3 is 5.97 Å². The van der Waals surface area contributed by atoms with Gasteiger partial charge in [0, 0.05) is 37.2 Å². The minimum Gasteiger partial charge on any atom is -0.465 e. The van der Waals surface area contributed by atoms with E-state index >= 15 is 0 Å². The molecule has 0 amide bonds. The number of nitrogens with zero attached hydrogens (tertiary/aromatic N) is 1. The summed E-state index contributed by atoms with van der Waals surface area (Å²) in [6.07, 6.45) is 0.841. The van der Waals surface area contributed by atoms with Crippen LogP contribution in [0.4, 0.5) is 0 Å². The molecule has 6 nitrogen and oxygen atoms in total. The Bertz CT molecular complexity index is 628. The zero-order valence-electron chi connectivity index (χ0n) is 11.7. The highest BCUT2D eigenvalue weighted by atomic mass is 32.2. The van der Waals surface area contributed by atoms with Gasteiger partial charge in [-0.1, -0.05) is 16.4 Å². The van der Waals surface area contributed by atoms with E-state index in [2.05, 4.69) is 13.9 Å². The highest BCUT2D eigenvalue weighted by Crippen LogP contribution is 2.22. The molecule has 8 heteroatoms. The smallest absolute Gasteiger partial charge is 0.338 e. The second kappa shape index (κ2) is 7.71. The molecular formula is C13H16NO5S2+. The van der Waals surface area contributed by atoms with Gasteiger partial charge < -0.3 is 4.74 Å². The predicted octanol–water partition coefficient (Wildman–Crippen LogP) is 2.74. The van der Waals surface area contributed by atoms with E-state index in [0.717, 1.165) is 40.2 Å². The number of aryl methyl sites for hydroxylation is 2. The normalized spacial score (nSPS) is 11.0. The largest absolute Gasteiger partial charge is 0.465 e. The summed E-state index contributed by atoms with van der Waals surface area (Å²) in [7, 11) is 1.37. The molecule has 0 saturated carbocycles. The summed E-state index contributed by atoms with van der Waals surface area (Å²) in [5.41, 5.74) is 1.56. The molecule has 0 fully saturated rings. The van der Waals surface area contributed by atoms with E-state index in [0.29, 0.717) is 11.3 Å². The van der Waals surface area contributed by atoms with Gasteiger partial charge in [0.2, 0.25) is 10.5 Å². The van der Waals surface area contributed by atoms with E-state index in [1.807, 2.05) is 19.1 Å². The Morgan fingerprint density at radius 2 is 2.29 bits per heavy atom. The standard InChI is InChI=1S/C13H15NO5S2/c1-9-14(6-3-7-20-19-18-16)11-8-10(13(15)17-2)4-5-12(11)21-9/h4-5,8H,3,6-7H2,1-2H3/p+1. The van der Waals surface area contributed by atoms with Crippen molar-refractivity contribution in [2.45, 2.75) is 19.9 Å². The van der Waals surface area contributed by atoms with Crippen LogP contribution in [0.5, 0.6) is 0 Å². The molecule has 0 bridgehead atoms. The molecule has 21 heavy (non-hydrogen) atoms. The quantitative estimate of drug-likeness (QED) is 0.210. The lowest BCUT2D eigenvalue weighted by Gasteiger charge is -1.99. The lowest BCUT2D eigenvalue weighted by Crippen LogP contribution is -2.35. The second-order valence-electron chi connectivity index (χ2n) is 4.26. The van der Waals surface area contributed by atoms with Crippen LogP contribution in [0.1, 0.15) is 21.8 Å². The first kappa shape index (κ1) is 16.2. The zero-order chi connectivity index (χ0) is 15.2. The van der Waals surface area contributed by atoms with Crippen LogP contribution in [0.3, 0.4) is 0 Å². The molecule has 1 aromatic heterocycles. The number of hydrogen-bond donors (Lipinski definition) is 1. The van der Waals surface area contributed by atoms with Crippen molar-refractivity contribution in [2.75, 3.05) is 12.9 Å². The summed E-state index contributed by atoms with van der Waals surface area (Å²) in [6.45, 7) is 2.83. The number of thiazole rings is 1. The van der Waals surface area contributed by atoms with E-state index in [1.165, 1.54) is 7.11 Å². The third-order valence-corrected chi connectivity index (χ3v) is 4.69. The maximum atomic E-state index is 11.6. The van der Waals surface area contributed by atoms with Crippen LogP contribution < -0.4 is 4.57 Å². The van der Waals surface area contributed by atoms with Gasteiger partial charge in [-0.2, -0.15) is 4.57 Å². The molecule has 0 atom stereocenters. The van der Waals surface area contributed by atoms with Gasteiger partial charge in [-0.25, -0.2) is 10.1 Å². The van der Waals surface area contributed by atoms with E-state index in [9.17, 15) is 4.79 Å². The number of carbonyl (C=O) groups is 1. The first-order valence-corrected chi connectivity index (χ1v) is 8.01. The summed E-state index contributed by atoms with van der Waals surface area (Å²) in [5.74, 6) is 0.345. The average Bonchev–Trinajstić information content (AvgIpc) is 2.81. The zero-order valence-corrected chi connectivity index (χ0v) is 13.3. The third kappa shape index (κ3) is 3.92. The summed E-state index contributed by atoms with van der Waals surface area (Å²) in [5, 5.41) is 12.7. The van der Waals surface area contributed by atoms with Crippen LogP contribution in [0, 0.1) is 6.92 Å². The maximum Gasteiger partial charge on any atom is 0.338 e. The van der Waals surface area contributed by atoms with Gasteiger partial charge in [-0.05, 0) is 12.1 Å². The van der Waals surface area contributed by atoms with Crippen LogP contribution in [-0.4, -0.2) is 24.1 Å². The fraction of sp³-hybridized carbons (Fsp3) is 0.385. The Morgan fingerprint density at radius 3 is 3.00 bits per heavy atom. The number of rotatable bonds is 7. The molecule has 1 heterocycles. The van der Waals surface area contributed by atoms with Crippen LogP contribution in [0.25, 0.3) is 10.2 Å². The fourth-order valence-electron chi connectivity index (χ4n) is 2.06. The van der Waals surface area contributed by atoms with Crippen LogP contribution in [0.15, 0.2) is 18.2 Å². The van der Waals surface area contributed by atoms with Crippen LogP contribution >= 0.6 is 23.4 Å². The number of aromatic nitrogens is 1. The van der Waals surface area contributed by atoms with E-state index in [-0.39, 0.29) is 5.97 Å². The number of ether oxygens (including phenoxy) is 1. The summed E-state index contributed by atoms with van der Waals surface area (Å²) in [6, 6.07) is 5.56. The number of carbonyl (C=O) groups excluding carboxylic acids is 1. The molecule has 1 aromatic carbocycles. The van der Waals surface area contributed by atoms with Crippen molar-refractivity contribution < 1.29 is 28.7 Å². The van der Waals surface area contributed by atoms with Crippen LogP contribution in [-0.2, 0) is 20.7 Å². The second-order valence-corrected chi connectivity index (χ2v) is 6.28. The molecule has 0 saturated heterocycles. The molecule has 1 N–H and O–H groups in total. The van der Waals surface area contributed by atoms with Crippen molar-refractivity contribution in [2.24, 2.45) is 0 Å². The van der Waals surface area contributed by atoms with Crippen molar-refractivity contribution in [3.05, 3.63) is 28.8 Å². The van der Waals surface area contributed by atoms with Gasteiger partial charge in [-0.15, -0.1) is 4.33 Å². The molecule has 2 aromatic rings. The van der Waals surface area contributed by atoms with Crippen molar-refractivity contribution in [1.29, 1.82) is 0 Å². The van der Waals surface area contributed by atoms with E-state index in [1.54, 1.807) is 17.4 Å². The molecule has 114 valence electrons. The van der Waals surface area contributed by atoms with Gasteiger partial charge in [0.15, 0.2) is 6.54 Å². The van der Waals surface area contributed by atoms with Crippen LogP contribution in [0.2, 0.25) is 0 Å². The average molecular weight is 330 g/mol. The Morgan fingerprint density at radius 1 is 1.48 bits per heavy atom. The fourth-order valence-corrected chi connectivity index (χ4v) is 3.44. The summed E-state index contributed by atoms with van der Waals surface area (Å²) in [4.78, 5) is 11.6. The number of fused-ring (bicyclic) bond motifs is 1. The minimum atomic E-state index is -0.337. The van der Waals surface area contributed by atoms with Crippen molar-refractivity contribution in [3.8, 4) is 0 Å². The molecule has 0 radical (unpaired) electrons. The highest BCUT2D eigenvalue weighted by molar-refractivity contribution is 7.94. The maximum absolute atomic E-state index is 11.6. The van der Waals surface area contributed by atoms with Gasteiger partial charge in [0.05, 0.1) is 12.7 Å². The van der Waals surface area contributed by atoms with E-state index in [4.69, 9.17) is 9.99 Å². The molecular weight excluding hydrogens is 314 g/mol. The number of methoxy groups -OCH3 is 1. The molecule has 0 aliphatic heterocycles. The van der Waals surface area contributed by atoms with Gasteiger partial charge in [0.25, 0.3) is 0 Å². The van der Waals surface area contributed by atoms with Crippen molar-refractivity contribution in [3.63, 3.8) is 0 Å². The van der Waals surface area contributed by atoms with Gasteiger partial charge in [0.1, 0.15) is 4.70 Å². The first-order valence-electron chi connectivity index (χ1n) is 6.28. The lowest BCUT2D eigenvalue weighted by atomic mass is 10.2. The third-order valence-electron chi connectivity index (χ3n) is 3.00. The monoisotopic (exact) mass is 330 g/mol. The molecule has 0 aliphatic rings. The molecule has 0 aliphatic carbocycles. The Kier molecular flexibility index (Phi) is 5.95. The topological polar surface area (TPSA) is 68.9 Å². The van der Waals surface area contributed by atoms with Crippen molar-refractivity contribution >= 4 is 39.6 Å². The lowest BCUT2D eigenvalue weighted by molar-refractivity contribution is -0.672. The highest BCUT2D eigenvalue weighted by Gasteiger charge is 2.19. The Balaban J connectivity index is 2.17. The molecule has 0 spiro atoms. The molecule has 2 rings (SSSR count). The van der Waals surface area contributed by atoms with E-state index < -0.39 is 0 Å². The Labute approximate surface area is 130 Å². The minimum absolute atomic E-state index is 0.337. The number of benzene rings is 1. The molecule has 0 unspecified atom stereocenters. The van der Waals surface area contributed by atoms with Gasteiger partial charge in [-0.3, -0.25) is 0 Å². The first-order chi connectivity index (χ1) is 10.2. The Hall–Kier alpha value is -1.19. The number of esters is 1. The SMILES string of the molecule is COC(=O)c1ccc2sc(C)[n+](CCCSOOO)c2c1. The number of hydrogen-bond acceptors (Lipinski definition) is 7.